The van der Waals surface area contributed by atoms with Gasteiger partial charge in [-0.2, -0.15) is 0 Å². The van der Waals surface area contributed by atoms with Crippen molar-refractivity contribution in [2.45, 2.75) is 39.2 Å². The minimum absolute atomic E-state index is 0. The largest absolute Gasteiger partial charge is 0.385 e. The fourth-order valence-electron chi connectivity index (χ4n) is 3.83. The number of nitrogens with zero attached hydrogens (tertiary/aromatic N) is 2. The molecule has 1 aromatic rings. The zero-order valence-electron chi connectivity index (χ0n) is 17.2. The van der Waals surface area contributed by atoms with Gasteiger partial charge in [0.05, 0.1) is 6.54 Å². The van der Waals surface area contributed by atoms with Crippen molar-refractivity contribution in [3.05, 3.63) is 42.0 Å². The SMILES string of the molecule is CCNC(=NCc1cccc(N2CC=CC2)c1)NCC1(CCOC)CCC1.I. The summed E-state index contributed by atoms with van der Waals surface area (Å²) >= 11 is 0. The quantitative estimate of drug-likeness (QED) is 0.235. The zero-order chi connectivity index (χ0) is 19.0. The van der Waals surface area contributed by atoms with Crippen LogP contribution in [0.4, 0.5) is 5.69 Å². The summed E-state index contributed by atoms with van der Waals surface area (Å²) in [6.07, 6.45) is 9.47. The molecule has 0 amide bonds. The Balaban J connectivity index is 0.00000280. The van der Waals surface area contributed by atoms with Gasteiger partial charge in [0, 0.05) is 45.6 Å². The van der Waals surface area contributed by atoms with E-state index < -0.39 is 0 Å². The van der Waals surface area contributed by atoms with E-state index in [-0.39, 0.29) is 24.0 Å². The van der Waals surface area contributed by atoms with E-state index in [9.17, 15) is 0 Å². The molecule has 2 aliphatic rings. The average molecular weight is 498 g/mol. The Morgan fingerprint density at radius 2 is 2.00 bits per heavy atom. The Hall–Kier alpha value is -1.28. The Labute approximate surface area is 187 Å². The van der Waals surface area contributed by atoms with Crippen molar-refractivity contribution < 1.29 is 4.74 Å². The maximum absolute atomic E-state index is 5.30. The van der Waals surface area contributed by atoms with Gasteiger partial charge in [-0.25, -0.2) is 4.99 Å². The van der Waals surface area contributed by atoms with Gasteiger partial charge in [0.1, 0.15) is 0 Å². The Bertz CT molecular complexity index is 650. The fourth-order valence-corrected chi connectivity index (χ4v) is 3.83. The van der Waals surface area contributed by atoms with Crippen molar-refractivity contribution in [3.8, 4) is 0 Å². The second kappa shape index (κ2) is 11.7. The second-order valence-corrected chi connectivity index (χ2v) is 7.69. The van der Waals surface area contributed by atoms with E-state index >= 15 is 0 Å². The summed E-state index contributed by atoms with van der Waals surface area (Å²) < 4.78 is 5.30. The van der Waals surface area contributed by atoms with E-state index in [1.165, 1.54) is 30.5 Å². The molecule has 0 aromatic heterocycles. The van der Waals surface area contributed by atoms with Crippen LogP contribution in [-0.4, -0.2) is 45.9 Å². The minimum atomic E-state index is 0. The molecule has 0 saturated heterocycles. The summed E-state index contributed by atoms with van der Waals surface area (Å²) in [5.74, 6) is 0.912. The third kappa shape index (κ3) is 6.37. The van der Waals surface area contributed by atoms with Crippen molar-refractivity contribution in [1.29, 1.82) is 0 Å². The third-order valence-corrected chi connectivity index (χ3v) is 5.74. The number of benzene rings is 1. The molecule has 2 N–H and O–H groups in total. The number of anilines is 1. The molecule has 1 saturated carbocycles. The lowest BCUT2D eigenvalue weighted by Crippen LogP contribution is -2.46. The maximum atomic E-state index is 5.30. The van der Waals surface area contributed by atoms with E-state index in [4.69, 9.17) is 9.73 Å². The van der Waals surface area contributed by atoms with Crippen LogP contribution in [-0.2, 0) is 11.3 Å². The maximum Gasteiger partial charge on any atom is 0.191 e. The van der Waals surface area contributed by atoms with Crippen molar-refractivity contribution >= 4 is 35.6 Å². The highest BCUT2D eigenvalue weighted by atomic mass is 127. The van der Waals surface area contributed by atoms with Crippen LogP contribution in [0.25, 0.3) is 0 Å². The van der Waals surface area contributed by atoms with Crippen LogP contribution in [0.15, 0.2) is 41.4 Å². The molecule has 28 heavy (non-hydrogen) atoms. The number of methoxy groups -OCH3 is 1. The van der Waals surface area contributed by atoms with Crippen LogP contribution in [0.5, 0.6) is 0 Å². The number of hydrogen-bond donors (Lipinski definition) is 2. The number of rotatable bonds is 9. The molecule has 1 aliphatic carbocycles. The first-order valence-electron chi connectivity index (χ1n) is 10.2. The molecular weight excluding hydrogens is 463 g/mol. The Kier molecular flexibility index (Phi) is 9.58. The minimum Gasteiger partial charge on any atom is -0.385 e. The summed E-state index contributed by atoms with van der Waals surface area (Å²) in [5.41, 5.74) is 2.91. The third-order valence-electron chi connectivity index (χ3n) is 5.74. The molecule has 3 rings (SSSR count). The molecule has 1 aromatic carbocycles. The van der Waals surface area contributed by atoms with Gasteiger partial charge in [-0.1, -0.05) is 30.7 Å². The molecule has 5 nitrogen and oxygen atoms in total. The topological polar surface area (TPSA) is 48.9 Å². The standard InChI is InChI=1S/C22H34N4O.HI/c1-3-23-21(25-18-22(10-7-11-22)12-15-27-2)24-17-19-8-6-9-20(16-19)26-13-4-5-14-26;/h4-6,8-9,16H,3,7,10-15,17-18H2,1-2H3,(H2,23,24,25);1H. The van der Waals surface area contributed by atoms with Crippen LogP contribution in [0.3, 0.4) is 0 Å². The summed E-state index contributed by atoms with van der Waals surface area (Å²) in [6, 6.07) is 8.73. The van der Waals surface area contributed by atoms with Crippen LogP contribution >= 0.6 is 24.0 Å². The number of ether oxygens (including phenoxy) is 1. The zero-order valence-corrected chi connectivity index (χ0v) is 19.6. The highest BCUT2D eigenvalue weighted by Gasteiger charge is 2.36. The highest BCUT2D eigenvalue weighted by Crippen LogP contribution is 2.43. The van der Waals surface area contributed by atoms with E-state index in [0.29, 0.717) is 12.0 Å². The molecule has 0 radical (unpaired) electrons. The lowest BCUT2D eigenvalue weighted by molar-refractivity contribution is 0.0732. The van der Waals surface area contributed by atoms with Gasteiger partial charge in [-0.05, 0) is 49.3 Å². The van der Waals surface area contributed by atoms with Gasteiger partial charge < -0.3 is 20.3 Å². The predicted molar refractivity (Wildman–Crippen MR) is 129 cm³/mol. The summed E-state index contributed by atoms with van der Waals surface area (Å²) in [4.78, 5) is 7.19. The number of nitrogens with one attached hydrogen (secondary N) is 2. The molecule has 0 atom stereocenters. The molecule has 1 aliphatic heterocycles. The molecular formula is C22H35IN4O. The smallest absolute Gasteiger partial charge is 0.191 e. The van der Waals surface area contributed by atoms with Gasteiger partial charge in [-0.15, -0.1) is 24.0 Å². The fraction of sp³-hybridized carbons (Fsp3) is 0.591. The van der Waals surface area contributed by atoms with Crippen LogP contribution in [0.1, 0.15) is 38.2 Å². The normalized spacial score (nSPS) is 17.8. The molecule has 156 valence electrons. The second-order valence-electron chi connectivity index (χ2n) is 7.69. The highest BCUT2D eigenvalue weighted by molar-refractivity contribution is 14.0. The predicted octanol–water partition coefficient (Wildman–Crippen LogP) is 3.94. The van der Waals surface area contributed by atoms with Crippen molar-refractivity contribution in [2.75, 3.05) is 44.8 Å². The Morgan fingerprint density at radius 3 is 2.64 bits per heavy atom. The van der Waals surface area contributed by atoms with Gasteiger partial charge >= 0.3 is 0 Å². The molecule has 0 unspecified atom stereocenters. The number of guanidine groups is 1. The van der Waals surface area contributed by atoms with Crippen LogP contribution in [0.2, 0.25) is 0 Å². The first-order chi connectivity index (χ1) is 13.2. The summed E-state index contributed by atoms with van der Waals surface area (Å²) in [5, 5.41) is 6.96. The molecule has 1 heterocycles. The van der Waals surface area contributed by atoms with Crippen LogP contribution < -0.4 is 15.5 Å². The van der Waals surface area contributed by atoms with Crippen molar-refractivity contribution in [3.63, 3.8) is 0 Å². The lowest BCUT2D eigenvalue weighted by atomic mass is 9.67. The molecule has 0 bridgehead atoms. The lowest BCUT2D eigenvalue weighted by Gasteiger charge is -2.42. The van der Waals surface area contributed by atoms with E-state index in [1.807, 2.05) is 0 Å². The van der Waals surface area contributed by atoms with Gasteiger partial charge in [-0.3, -0.25) is 0 Å². The first-order valence-corrected chi connectivity index (χ1v) is 10.2. The van der Waals surface area contributed by atoms with Crippen molar-refractivity contribution in [2.24, 2.45) is 10.4 Å². The number of halogens is 1. The summed E-state index contributed by atoms with van der Waals surface area (Å²) in [7, 11) is 1.79. The van der Waals surface area contributed by atoms with E-state index in [1.54, 1.807) is 7.11 Å². The Morgan fingerprint density at radius 1 is 1.21 bits per heavy atom. The molecule has 0 spiro atoms. The number of hydrogen-bond acceptors (Lipinski definition) is 3. The molecule has 1 fully saturated rings. The first kappa shape index (κ1) is 23.0. The monoisotopic (exact) mass is 498 g/mol. The summed E-state index contributed by atoms with van der Waals surface area (Å²) in [6.45, 7) is 7.49. The van der Waals surface area contributed by atoms with Crippen LogP contribution in [0, 0.1) is 5.41 Å². The number of aliphatic imine (C=N–C) groups is 1. The van der Waals surface area contributed by atoms with E-state index in [2.05, 4.69) is 58.9 Å². The van der Waals surface area contributed by atoms with Gasteiger partial charge in [0.15, 0.2) is 5.96 Å². The van der Waals surface area contributed by atoms with Gasteiger partial charge in [0.25, 0.3) is 0 Å². The van der Waals surface area contributed by atoms with E-state index in [0.717, 1.165) is 45.2 Å². The average Bonchev–Trinajstić information content (AvgIpc) is 3.20. The van der Waals surface area contributed by atoms with Crippen molar-refractivity contribution in [1.82, 2.24) is 10.6 Å². The van der Waals surface area contributed by atoms with Gasteiger partial charge in [0.2, 0.25) is 0 Å². The molecule has 6 heteroatoms.